The second kappa shape index (κ2) is 5.15. The fourth-order valence-corrected chi connectivity index (χ4v) is 2.62. The first-order chi connectivity index (χ1) is 10.3. The van der Waals surface area contributed by atoms with Gasteiger partial charge in [-0.25, -0.2) is 0 Å². The standard InChI is InChI=1S/C13H17F3N4O2/c1-12(13(14,15)16)2-3-20-10(21)8-9(17-11(20)18-12)19-4-6-22-7-5-19/h8H,2-7H2,1H3,(H,17,18). The highest BCUT2D eigenvalue weighted by Gasteiger charge is 2.53. The number of halogens is 3. The van der Waals surface area contributed by atoms with E-state index in [0.717, 1.165) is 6.92 Å². The van der Waals surface area contributed by atoms with Gasteiger partial charge < -0.3 is 15.0 Å². The second-order valence-electron chi connectivity index (χ2n) is 5.73. The summed E-state index contributed by atoms with van der Waals surface area (Å²) in [6, 6.07) is 1.37. The van der Waals surface area contributed by atoms with Gasteiger partial charge in [-0.3, -0.25) is 9.36 Å². The summed E-state index contributed by atoms with van der Waals surface area (Å²) in [7, 11) is 0. The van der Waals surface area contributed by atoms with Gasteiger partial charge in [-0.15, -0.1) is 0 Å². The molecular weight excluding hydrogens is 301 g/mol. The van der Waals surface area contributed by atoms with Crippen molar-refractivity contribution in [1.82, 2.24) is 9.55 Å². The van der Waals surface area contributed by atoms with Gasteiger partial charge >= 0.3 is 6.18 Å². The minimum absolute atomic E-state index is 0.00638. The first kappa shape index (κ1) is 15.1. The number of rotatable bonds is 1. The van der Waals surface area contributed by atoms with Gasteiger partial charge in [0.05, 0.1) is 13.2 Å². The largest absolute Gasteiger partial charge is 0.411 e. The Balaban J connectivity index is 1.96. The van der Waals surface area contributed by atoms with Gasteiger partial charge in [-0.05, 0) is 13.3 Å². The molecule has 1 saturated heterocycles. The van der Waals surface area contributed by atoms with E-state index in [1.807, 2.05) is 4.90 Å². The quantitative estimate of drug-likeness (QED) is 0.844. The number of ether oxygens (including phenoxy) is 1. The number of anilines is 2. The van der Waals surface area contributed by atoms with E-state index in [1.54, 1.807) is 0 Å². The summed E-state index contributed by atoms with van der Waals surface area (Å²) in [6.45, 7) is 3.22. The van der Waals surface area contributed by atoms with E-state index >= 15 is 0 Å². The van der Waals surface area contributed by atoms with Gasteiger partial charge in [0.1, 0.15) is 11.4 Å². The summed E-state index contributed by atoms with van der Waals surface area (Å²) in [5.41, 5.74) is -2.42. The number of hydrogen-bond acceptors (Lipinski definition) is 5. The topological polar surface area (TPSA) is 59.4 Å². The van der Waals surface area contributed by atoms with Crippen molar-refractivity contribution in [2.24, 2.45) is 0 Å². The molecule has 3 heterocycles. The molecule has 1 N–H and O–H groups in total. The van der Waals surface area contributed by atoms with Crippen molar-refractivity contribution in [3.05, 3.63) is 16.4 Å². The van der Waals surface area contributed by atoms with E-state index < -0.39 is 11.7 Å². The Hall–Kier alpha value is -1.77. The Morgan fingerprint density at radius 2 is 2.00 bits per heavy atom. The van der Waals surface area contributed by atoms with E-state index in [2.05, 4.69) is 10.3 Å². The Bertz CT molecular complexity index is 625. The third-order valence-corrected chi connectivity index (χ3v) is 4.18. The van der Waals surface area contributed by atoms with Crippen LogP contribution in [0.25, 0.3) is 0 Å². The maximum Gasteiger partial charge on any atom is 0.411 e. The lowest BCUT2D eigenvalue weighted by Gasteiger charge is -2.38. The van der Waals surface area contributed by atoms with Crippen LogP contribution in [0.5, 0.6) is 0 Å². The lowest BCUT2D eigenvalue weighted by molar-refractivity contribution is -0.178. The van der Waals surface area contributed by atoms with Crippen LogP contribution >= 0.6 is 0 Å². The predicted molar refractivity (Wildman–Crippen MR) is 74.2 cm³/mol. The van der Waals surface area contributed by atoms with Crippen LogP contribution in [0.4, 0.5) is 24.9 Å². The maximum atomic E-state index is 13.2. The van der Waals surface area contributed by atoms with Crippen molar-refractivity contribution in [2.45, 2.75) is 31.6 Å². The third kappa shape index (κ3) is 2.53. The number of fused-ring (bicyclic) bond motifs is 1. The van der Waals surface area contributed by atoms with Crippen LogP contribution in [0.15, 0.2) is 10.9 Å². The van der Waals surface area contributed by atoms with Crippen LogP contribution in [0, 0.1) is 0 Å². The van der Waals surface area contributed by atoms with Crippen molar-refractivity contribution in [3.8, 4) is 0 Å². The van der Waals surface area contributed by atoms with Crippen molar-refractivity contribution < 1.29 is 17.9 Å². The van der Waals surface area contributed by atoms with Crippen LogP contribution < -0.4 is 15.8 Å². The monoisotopic (exact) mass is 318 g/mol. The summed E-state index contributed by atoms with van der Waals surface area (Å²) >= 11 is 0. The first-order valence-corrected chi connectivity index (χ1v) is 7.10. The minimum Gasteiger partial charge on any atom is -0.378 e. The lowest BCUT2D eigenvalue weighted by atomic mass is 9.95. The first-order valence-electron chi connectivity index (χ1n) is 7.10. The number of aromatic nitrogens is 2. The van der Waals surface area contributed by atoms with Gasteiger partial charge in [-0.2, -0.15) is 18.2 Å². The number of hydrogen-bond donors (Lipinski definition) is 1. The minimum atomic E-state index is -4.41. The zero-order valence-electron chi connectivity index (χ0n) is 12.1. The van der Waals surface area contributed by atoms with E-state index in [1.165, 1.54) is 10.6 Å². The van der Waals surface area contributed by atoms with E-state index in [0.29, 0.717) is 32.1 Å². The number of morpholine rings is 1. The van der Waals surface area contributed by atoms with E-state index in [4.69, 9.17) is 4.74 Å². The second-order valence-corrected chi connectivity index (χ2v) is 5.73. The summed E-state index contributed by atoms with van der Waals surface area (Å²) in [5, 5.41) is 2.40. The molecule has 0 amide bonds. The molecule has 1 fully saturated rings. The molecule has 22 heavy (non-hydrogen) atoms. The third-order valence-electron chi connectivity index (χ3n) is 4.18. The van der Waals surface area contributed by atoms with Gasteiger partial charge in [-0.1, -0.05) is 0 Å². The molecule has 3 rings (SSSR count). The molecule has 6 nitrogen and oxygen atoms in total. The lowest BCUT2D eigenvalue weighted by Crippen LogP contribution is -2.54. The summed E-state index contributed by atoms with van der Waals surface area (Å²) < 4.78 is 46.0. The van der Waals surface area contributed by atoms with Gasteiger partial charge in [0, 0.05) is 25.7 Å². The van der Waals surface area contributed by atoms with E-state index in [9.17, 15) is 18.0 Å². The molecule has 1 unspecified atom stereocenters. The fourth-order valence-electron chi connectivity index (χ4n) is 2.62. The van der Waals surface area contributed by atoms with Crippen molar-refractivity contribution >= 4 is 11.8 Å². The summed E-state index contributed by atoms with van der Waals surface area (Å²) in [5.74, 6) is 0.360. The maximum absolute atomic E-state index is 13.2. The normalized spacial score (nSPS) is 25.5. The number of alkyl halides is 3. The zero-order valence-corrected chi connectivity index (χ0v) is 12.1. The highest BCUT2D eigenvalue weighted by molar-refractivity contribution is 5.46. The summed E-state index contributed by atoms with van der Waals surface area (Å²) in [4.78, 5) is 18.2. The average molecular weight is 318 g/mol. The van der Waals surface area contributed by atoms with Gasteiger partial charge in [0.15, 0.2) is 0 Å². The Labute approximate surface area is 124 Å². The molecular formula is C13H17F3N4O2. The molecule has 0 spiro atoms. The van der Waals surface area contributed by atoms with Crippen molar-refractivity contribution in [2.75, 3.05) is 36.5 Å². The molecule has 9 heteroatoms. The van der Waals surface area contributed by atoms with Crippen molar-refractivity contribution in [3.63, 3.8) is 0 Å². The molecule has 2 aliphatic rings. The van der Waals surface area contributed by atoms with Gasteiger partial charge in [0.25, 0.3) is 5.56 Å². The highest BCUT2D eigenvalue weighted by atomic mass is 19.4. The molecule has 2 aliphatic heterocycles. The zero-order chi connectivity index (χ0) is 16.0. The Kier molecular flexibility index (Phi) is 3.54. The average Bonchev–Trinajstić information content (AvgIpc) is 2.46. The molecule has 0 bridgehead atoms. The predicted octanol–water partition coefficient (Wildman–Crippen LogP) is 1.22. The van der Waals surface area contributed by atoms with Crippen LogP contribution in [0.2, 0.25) is 0 Å². The SMILES string of the molecule is CC1(C(F)(F)F)CCn2c(nc(N3CCOCC3)cc2=O)N1. The highest BCUT2D eigenvalue weighted by Crippen LogP contribution is 2.38. The smallest absolute Gasteiger partial charge is 0.378 e. The molecule has 122 valence electrons. The molecule has 1 atom stereocenters. The van der Waals surface area contributed by atoms with Crippen LogP contribution in [0.3, 0.4) is 0 Å². The van der Waals surface area contributed by atoms with Crippen LogP contribution in [-0.4, -0.2) is 47.6 Å². The van der Waals surface area contributed by atoms with Crippen molar-refractivity contribution in [1.29, 1.82) is 0 Å². The van der Waals surface area contributed by atoms with Crippen LogP contribution in [-0.2, 0) is 11.3 Å². The molecule has 1 aromatic rings. The summed E-state index contributed by atoms with van der Waals surface area (Å²) in [6.07, 6.45) is -4.62. The fraction of sp³-hybridized carbons (Fsp3) is 0.692. The molecule has 0 aliphatic carbocycles. The van der Waals surface area contributed by atoms with Gasteiger partial charge in [0.2, 0.25) is 5.95 Å². The number of nitrogens with one attached hydrogen (secondary N) is 1. The Morgan fingerprint density at radius 3 is 2.64 bits per heavy atom. The molecule has 1 aromatic heterocycles. The molecule has 0 saturated carbocycles. The number of nitrogens with zero attached hydrogens (tertiary/aromatic N) is 3. The molecule has 0 radical (unpaired) electrons. The van der Waals surface area contributed by atoms with E-state index in [-0.39, 0.29) is 24.5 Å². The Morgan fingerprint density at radius 1 is 1.32 bits per heavy atom. The van der Waals surface area contributed by atoms with Crippen LogP contribution in [0.1, 0.15) is 13.3 Å². The molecule has 0 aromatic carbocycles.